The lowest BCUT2D eigenvalue weighted by molar-refractivity contribution is -0.384. The van der Waals surface area contributed by atoms with Gasteiger partial charge in [0.2, 0.25) is 0 Å². The number of pyridine rings is 1. The van der Waals surface area contributed by atoms with Crippen molar-refractivity contribution in [2.45, 2.75) is 38.3 Å². The van der Waals surface area contributed by atoms with Gasteiger partial charge in [0.15, 0.2) is 0 Å². The Bertz CT molecular complexity index is 1030. The van der Waals surface area contributed by atoms with E-state index in [2.05, 4.69) is 10.3 Å². The van der Waals surface area contributed by atoms with E-state index in [-0.39, 0.29) is 23.7 Å². The molecule has 1 fully saturated rings. The second-order valence-electron chi connectivity index (χ2n) is 7.11. The average molecular weight is 391 g/mol. The second kappa shape index (κ2) is 8.22. The Morgan fingerprint density at radius 3 is 2.72 bits per heavy atom. The lowest BCUT2D eigenvalue weighted by Gasteiger charge is -2.13. The minimum Gasteiger partial charge on any atom is -0.346 e. The molecule has 148 valence electrons. The number of nitro benzene ring substituents is 1. The van der Waals surface area contributed by atoms with Crippen molar-refractivity contribution in [3.05, 3.63) is 76.1 Å². The van der Waals surface area contributed by atoms with E-state index in [0.717, 1.165) is 29.9 Å². The SMILES string of the molecule is O=C(NCc1cc(-c2ccccn2)n(C2CCCC2)n1)c1cccc([N+](=O)[O-])c1. The molecule has 3 aromatic rings. The summed E-state index contributed by atoms with van der Waals surface area (Å²) in [5.74, 6) is -0.372. The van der Waals surface area contributed by atoms with E-state index < -0.39 is 4.92 Å². The number of aromatic nitrogens is 3. The van der Waals surface area contributed by atoms with Crippen molar-refractivity contribution in [2.75, 3.05) is 0 Å². The normalized spacial score (nSPS) is 14.1. The molecule has 1 aliphatic carbocycles. The average Bonchev–Trinajstić information content (AvgIpc) is 3.42. The molecule has 1 saturated carbocycles. The number of carbonyl (C=O) groups is 1. The zero-order valence-corrected chi connectivity index (χ0v) is 15.8. The molecule has 8 nitrogen and oxygen atoms in total. The van der Waals surface area contributed by atoms with Crippen LogP contribution in [0.4, 0.5) is 5.69 Å². The van der Waals surface area contributed by atoms with Crippen LogP contribution < -0.4 is 5.32 Å². The summed E-state index contributed by atoms with van der Waals surface area (Å²) in [6.07, 6.45) is 6.29. The lowest BCUT2D eigenvalue weighted by Crippen LogP contribution is -2.23. The van der Waals surface area contributed by atoms with Gasteiger partial charge in [-0.3, -0.25) is 24.6 Å². The van der Waals surface area contributed by atoms with E-state index in [1.165, 1.54) is 31.0 Å². The van der Waals surface area contributed by atoms with Crippen LogP contribution in [0.25, 0.3) is 11.4 Å². The quantitative estimate of drug-likeness (QED) is 0.507. The van der Waals surface area contributed by atoms with Crippen LogP contribution in [0.15, 0.2) is 54.7 Å². The molecule has 0 bridgehead atoms. The highest BCUT2D eigenvalue weighted by atomic mass is 16.6. The first-order chi connectivity index (χ1) is 14.1. The topological polar surface area (TPSA) is 103 Å². The largest absolute Gasteiger partial charge is 0.346 e. The Hall–Kier alpha value is -3.55. The smallest absolute Gasteiger partial charge is 0.270 e. The predicted octanol–water partition coefficient (Wildman–Crippen LogP) is 3.90. The van der Waals surface area contributed by atoms with Crippen LogP contribution in [0.2, 0.25) is 0 Å². The number of non-ortho nitro benzene ring substituents is 1. The van der Waals surface area contributed by atoms with E-state index in [4.69, 9.17) is 5.10 Å². The molecule has 0 unspecified atom stereocenters. The van der Waals surface area contributed by atoms with Crippen LogP contribution in [0.1, 0.15) is 47.8 Å². The summed E-state index contributed by atoms with van der Waals surface area (Å²) in [6, 6.07) is 13.7. The zero-order valence-electron chi connectivity index (χ0n) is 15.8. The first-order valence-corrected chi connectivity index (χ1v) is 9.64. The van der Waals surface area contributed by atoms with Gasteiger partial charge >= 0.3 is 0 Å². The number of carbonyl (C=O) groups excluding carboxylic acids is 1. The van der Waals surface area contributed by atoms with Crippen molar-refractivity contribution >= 4 is 11.6 Å². The molecular formula is C21H21N5O3. The Balaban J connectivity index is 1.54. The summed E-state index contributed by atoms with van der Waals surface area (Å²) < 4.78 is 2.03. The molecule has 29 heavy (non-hydrogen) atoms. The van der Waals surface area contributed by atoms with Crippen molar-refractivity contribution in [1.29, 1.82) is 0 Å². The molecule has 0 atom stereocenters. The van der Waals surface area contributed by atoms with Crippen LogP contribution >= 0.6 is 0 Å². The molecule has 1 aliphatic rings. The first kappa shape index (κ1) is 18.8. The molecule has 1 amide bonds. The number of benzene rings is 1. The van der Waals surface area contributed by atoms with Gasteiger partial charge in [-0.05, 0) is 37.1 Å². The van der Waals surface area contributed by atoms with Crippen LogP contribution in [0.3, 0.4) is 0 Å². The Labute approximate surface area is 167 Å². The number of amides is 1. The number of nitrogens with one attached hydrogen (secondary N) is 1. The van der Waals surface area contributed by atoms with Gasteiger partial charge in [-0.15, -0.1) is 0 Å². The summed E-state index contributed by atoms with van der Waals surface area (Å²) in [5, 5.41) is 18.5. The molecule has 1 N–H and O–H groups in total. The molecule has 0 aliphatic heterocycles. The molecule has 0 radical (unpaired) electrons. The van der Waals surface area contributed by atoms with Crippen molar-refractivity contribution in [1.82, 2.24) is 20.1 Å². The van der Waals surface area contributed by atoms with Gasteiger partial charge in [-0.1, -0.05) is 25.0 Å². The summed E-state index contributed by atoms with van der Waals surface area (Å²) in [4.78, 5) is 27.3. The highest BCUT2D eigenvalue weighted by Crippen LogP contribution is 2.33. The van der Waals surface area contributed by atoms with Crippen molar-refractivity contribution in [2.24, 2.45) is 0 Å². The van der Waals surface area contributed by atoms with E-state index in [9.17, 15) is 14.9 Å². The zero-order chi connectivity index (χ0) is 20.2. The van der Waals surface area contributed by atoms with Crippen molar-refractivity contribution in [3.63, 3.8) is 0 Å². The fourth-order valence-corrected chi connectivity index (χ4v) is 3.70. The van der Waals surface area contributed by atoms with Crippen LogP contribution in [0.5, 0.6) is 0 Å². The van der Waals surface area contributed by atoms with E-state index in [0.29, 0.717) is 6.04 Å². The lowest BCUT2D eigenvalue weighted by atomic mass is 10.2. The maximum absolute atomic E-state index is 12.4. The summed E-state index contributed by atoms with van der Waals surface area (Å²) in [6.45, 7) is 0.237. The summed E-state index contributed by atoms with van der Waals surface area (Å²) in [5.41, 5.74) is 2.66. The molecule has 1 aromatic carbocycles. The molecule has 2 heterocycles. The third-order valence-electron chi connectivity index (χ3n) is 5.13. The van der Waals surface area contributed by atoms with Crippen LogP contribution in [0, 0.1) is 10.1 Å². The van der Waals surface area contributed by atoms with E-state index >= 15 is 0 Å². The van der Waals surface area contributed by atoms with E-state index in [1.54, 1.807) is 12.3 Å². The molecule has 4 rings (SSSR count). The molecule has 8 heteroatoms. The molecule has 0 spiro atoms. The minimum absolute atomic E-state index is 0.111. The number of rotatable bonds is 6. The van der Waals surface area contributed by atoms with Gasteiger partial charge in [0, 0.05) is 23.9 Å². The monoisotopic (exact) mass is 391 g/mol. The van der Waals surface area contributed by atoms with Crippen molar-refractivity contribution in [3.8, 4) is 11.4 Å². The number of hydrogen-bond acceptors (Lipinski definition) is 5. The van der Waals surface area contributed by atoms with Gasteiger partial charge in [0.1, 0.15) is 0 Å². The van der Waals surface area contributed by atoms with Gasteiger partial charge in [-0.25, -0.2) is 0 Å². The maximum atomic E-state index is 12.4. The molecule has 0 saturated heterocycles. The molecule has 2 aromatic heterocycles. The third kappa shape index (κ3) is 4.16. The van der Waals surface area contributed by atoms with Gasteiger partial charge < -0.3 is 5.32 Å². The maximum Gasteiger partial charge on any atom is 0.270 e. The Morgan fingerprint density at radius 1 is 1.17 bits per heavy atom. The summed E-state index contributed by atoms with van der Waals surface area (Å²) >= 11 is 0. The Morgan fingerprint density at radius 2 is 2.00 bits per heavy atom. The highest BCUT2D eigenvalue weighted by molar-refractivity contribution is 5.94. The van der Waals surface area contributed by atoms with Gasteiger partial charge in [0.25, 0.3) is 11.6 Å². The predicted molar refractivity (Wildman–Crippen MR) is 107 cm³/mol. The third-order valence-corrected chi connectivity index (χ3v) is 5.13. The Kier molecular flexibility index (Phi) is 5.33. The fraction of sp³-hybridized carbons (Fsp3) is 0.286. The van der Waals surface area contributed by atoms with Crippen molar-refractivity contribution < 1.29 is 9.72 Å². The standard InChI is InChI=1S/C21H21N5O3/c27-21(15-6-5-9-18(12-15)26(28)29)23-14-16-13-20(19-10-3-4-11-22-19)25(24-16)17-7-1-2-8-17/h3-6,9-13,17H,1-2,7-8,14H2,(H,23,27). The van der Waals surface area contributed by atoms with Crippen LogP contribution in [-0.2, 0) is 6.54 Å². The fourth-order valence-electron chi connectivity index (χ4n) is 3.70. The summed E-state index contributed by atoms with van der Waals surface area (Å²) in [7, 11) is 0. The number of hydrogen-bond donors (Lipinski definition) is 1. The highest BCUT2D eigenvalue weighted by Gasteiger charge is 2.22. The first-order valence-electron chi connectivity index (χ1n) is 9.64. The van der Waals surface area contributed by atoms with Crippen LogP contribution in [-0.4, -0.2) is 25.6 Å². The number of nitro groups is 1. The van der Waals surface area contributed by atoms with Gasteiger partial charge in [0.05, 0.1) is 34.6 Å². The second-order valence-corrected chi connectivity index (χ2v) is 7.11. The van der Waals surface area contributed by atoms with Gasteiger partial charge in [-0.2, -0.15) is 5.10 Å². The minimum atomic E-state index is -0.515. The van der Waals surface area contributed by atoms with E-state index in [1.807, 2.05) is 28.9 Å². The molecular weight excluding hydrogens is 370 g/mol. The number of nitrogens with zero attached hydrogens (tertiary/aromatic N) is 4.